The highest BCUT2D eigenvalue weighted by Crippen LogP contribution is 2.37. The van der Waals surface area contributed by atoms with E-state index >= 15 is 0 Å². The zero-order chi connectivity index (χ0) is 17.2. The van der Waals surface area contributed by atoms with Gasteiger partial charge in [0.25, 0.3) is 0 Å². The number of amides is 1. The van der Waals surface area contributed by atoms with Crippen molar-refractivity contribution >= 4 is 11.8 Å². The molecule has 2 aromatic carbocycles. The van der Waals surface area contributed by atoms with Crippen molar-refractivity contribution in [2.24, 2.45) is 0 Å². The number of nitrogens with zero attached hydrogens (tertiary/aromatic N) is 1. The lowest BCUT2D eigenvalue weighted by Gasteiger charge is -2.25. The van der Waals surface area contributed by atoms with E-state index in [4.69, 9.17) is 4.74 Å². The summed E-state index contributed by atoms with van der Waals surface area (Å²) in [5.41, 5.74) is 2.00. The van der Waals surface area contributed by atoms with Gasteiger partial charge in [0.05, 0.1) is 18.2 Å². The number of alkyl halides is 3. The summed E-state index contributed by atoms with van der Waals surface area (Å²) in [6.45, 7) is 0.0249. The summed E-state index contributed by atoms with van der Waals surface area (Å²) in [4.78, 5) is 13.5. The zero-order valence-corrected chi connectivity index (χ0v) is 12.8. The molecular weight excluding hydrogens is 319 g/mol. The number of para-hydroxylation sites is 1. The van der Waals surface area contributed by atoms with Gasteiger partial charge in [0.1, 0.15) is 6.61 Å². The Kier molecular flexibility index (Phi) is 4.46. The number of fused-ring (bicyclic) bond motifs is 1. The predicted octanol–water partition coefficient (Wildman–Crippen LogP) is 4.71. The Morgan fingerprint density at radius 1 is 1.08 bits per heavy atom. The molecule has 0 radical (unpaired) electrons. The number of anilines is 1. The standard InChI is InChI=1S/C18H16F3NO2/c19-18(20,21)11-15-10-14-8-4-5-9-16(14)22(15)17(23)24-12-13-6-2-1-3-7-13/h1-9,15H,10-12H2. The van der Waals surface area contributed by atoms with Gasteiger partial charge in [0.2, 0.25) is 0 Å². The van der Waals surface area contributed by atoms with Crippen molar-refractivity contribution in [2.75, 3.05) is 4.90 Å². The minimum absolute atomic E-state index is 0.0249. The van der Waals surface area contributed by atoms with Gasteiger partial charge in [0.15, 0.2) is 0 Å². The van der Waals surface area contributed by atoms with Gasteiger partial charge in [-0.15, -0.1) is 0 Å². The molecule has 3 rings (SSSR count). The van der Waals surface area contributed by atoms with Crippen LogP contribution in [0.15, 0.2) is 54.6 Å². The third kappa shape index (κ3) is 3.69. The first-order valence-corrected chi connectivity index (χ1v) is 7.58. The molecule has 0 aromatic heterocycles. The van der Waals surface area contributed by atoms with Crippen LogP contribution in [0.2, 0.25) is 0 Å². The largest absolute Gasteiger partial charge is 0.444 e. The molecule has 24 heavy (non-hydrogen) atoms. The van der Waals surface area contributed by atoms with Crippen molar-refractivity contribution in [2.45, 2.75) is 31.7 Å². The molecule has 1 unspecified atom stereocenters. The summed E-state index contributed by atoms with van der Waals surface area (Å²) in [7, 11) is 0. The van der Waals surface area contributed by atoms with E-state index < -0.39 is 24.7 Å². The summed E-state index contributed by atoms with van der Waals surface area (Å²) >= 11 is 0. The van der Waals surface area contributed by atoms with Gasteiger partial charge in [-0.2, -0.15) is 13.2 Å². The van der Waals surface area contributed by atoms with Gasteiger partial charge < -0.3 is 4.74 Å². The van der Waals surface area contributed by atoms with E-state index in [0.29, 0.717) is 5.69 Å². The van der Waals surface area contributed by atoms with Crippen LogP contribution in [0.4, 0.5) is 23.7 Å². The van der Waals surface area contributed by atoms with Gasteiger partial charge >= 0.3 is 12.3 Å². The van der Waals surface area contributed by atoms with Crippen molar-refractivity contribution in [1.29, 1.82) is 0 Å². The van der Waals surface area contributed by atoms with Crippen LogP contribution < -0.4 is 4.90 Å². The normalized spacial score (nSPS) is 16.8. The first-order chi connectivity index (χ1) is 11.4. The minimum Gasteiger partial charge on any atom is -0.444 e. The minimum atomic E-state index is -4.34. The molecule has 3 nitrogen and oxygen atoms in total. The molecule has 1 atom stereocenters. The summed E-state index contributed by atoms with van der Waals surface area (Å²) in [6, 6.07) is 14.9. The number of ether oxygens (including phenoxy) is 1. The second-order valence-corrected chi connectivity index (χ2v) is 5.72. The average Bonchev–Trinajstić information content (AvgIpc) is 2.89. The molecule has 126 valence electrons. The third-order valence-corrected chi connectivity index (χ3v) is 3.94. The molecule has 2 aromatic rings. The lowest BCUT2D eigenvalue weighted by atomic mass is 10.1. The van der Waals surface area contributed by atoms with Crippen LogP contribution in [0.5, 0.6) is 0 Å². The quantitative estimate of drug-likeness (QED) is 0.813. The van der Waals surface area contributed by atoms with E-state index in [1.807, 2.05) is 6.07 Å². The maximum atomic E-state index is 12.8. The SMILES string of the molecule is O=C(OCc1ccccc1)N1c2ccccc2CC1CC(F)(F)F. The summed E-state index contributed by atoms with van der Waals surface area (Å²) < 4.78 is 43.8. The molecule has 0 bridgehead atoms. The Labute approximate surface area is 137 Å². The highest BCUT2D eigenvalue weighted by molar-refractivity contribution is 5.91. The first kappa shape index (κ1) is 16.4. The maximum Gasteiger partial charge on any atom is 0.414 e. The number of rotatable bonds is 3. The fraction of sp³-hybridized carbons (Fsp3) is 0.278. The molecule has 1 amide bonds. The van der Waals surface area contributed by atoms with E-state index in [2.05, 4.69) is 0 Å². The number of benzene rings is 2. The van der Waals surface area contributed by atoms with Crippen LogP contribution in [0.1, 0.15) is 17.5 Å². The van der Waals surface area contributed by atoms with Crippen molar-refractivity contribution < 1.29 is 22.7 Å². The number of hydrogen-bond acceptors (Lipinski definition) is 2. The van der Waals surface area contributed by atoms with Crippen molar-refractivity contribution in [1.82, 2.24) is 0 Å². The van der Waals surface area contributed by atoms with Crippen LogP contribution in [0, 0.1) is 0 Å². The number of hydrogen-bond donors (Lipinski definition) is 0. The fourth-order valence-electron chi connectivity index (χ4n) is 2.93. The number of halogens is 3. The van der Waals surface area contributed by atoms with Crippen molar-refractivity contribution in [3.63, 3.8) is 0 Å². The topological polar surface area (TPSA) is 29.5 Å². The summed E-state index contributed by atoms with van der Waals surface area (Å²) in [5.74, 6) is 0. The zero-order valence-electron chi connectivity index (χ0n) is 12.8. The summed E-state index contributed by atoms with van der Waals surface area (Å²) in [6.07, 6.45) is -5.97. The number of carbonyl (C=O) groups is 1. The second kappa shape index (κ2) is 6.55. The number of carbonyl (C=O) groups excluding carboxylic acids is 1. The Hall–Kier alpha value is -2.50. The van der Waals surface area contributed by atoms with E-state index in [9.17, 15) is 18.0 Å². The van der Waals surface area contributed by atoms with Gasteiger partial charge in [-0.1, -0.05) is 48.5 Å². The Balaban J connectivity index is 1.77. The van der Waals surface area contributed by atoms with E-state index in [1.54, 1.807) is 48.5 Å². The smallest absolute Gasteiger partial charge is 0.414 e. The van der Waals surface area contributed by atoms with E-state index in [0.717, 1.165) is 16.0 Å². The highest BCUT2D eigenvalue weighted by Gasteiger charge is 2.41. The molecule has 1 aliphatic rings. The molecule has 0 aliphatic carbocycles. The van der Waals surface area contributed by atoms with Crippen molar-refractivity contribution in [3.8, 4) is 0 Å². The molecule has 0 fully saturated rings. The molecule has 6 heteroatoms. The Bertz CT molecular complexity index is 716. The molecule has 0 N–H and O–H groups in total. The monoisotopic (exact) mass is 335 g/mol. The van der Waals surface area contributed by atoms with E-state index in [-0.39, 0.29) is 13.0 Å². The molecule has 1 aliphatic heterocycles. The fourth-order valence-corrected chi connectivity index (χ4v) is 2.93. The third-order valence-electron chi connectivity index (χ3n) is 3.94. The van der Waals surface area contributed by atoms with Crippen LogP contribution in [0.25, 0.3) is 0 Å². The second-order valence-electron chi connectivity index (χ2n) is 5.72. The van der Waals surface area contributed by atoms with Gasteiger partial charge in [-0.05, 0) is 23.6 Å². The van der Waals surface area contributed by atoms with Crippen molar-refractivity contribution in [3.05, 3.63) is 65.7 Å². The highest BCUT2D eigenvalue weighted by atomic mass is 19.4. The Morgan fingerprint density at radius 3 is 2.46 bits per heavy atom. The van der Waals surface area contributed by atoms with Crippen LogP contribution >= 0.6 is 0 Å². The molecular formula is C18H16F3NO2. The molecule has 0 saturated carbocycles. The molecule has 0 spiro atoms. The average molecular weight is 335 g/mol. The maximum absolute atomic E-state index is 12.8. The predicted molar refractivity (Wildman–Crippen MR) is 83.7 cm³/mol. The van der Waals surface area contributed by atoms with Crippen LogP contribution in [-0.2, 0) is 17.8 Å². The molecule has 0 saturated heterocycles. The van der Waals surface area contributed by atoms with Gasteiger partial charge in [0, 0.05) is 0 Å². The Morgan fingerprint density at radius 2 is 1.75 bits per heavy atom. The summed E-state index contributed by atoms with van der Waals surface area (Å²) in [5, 5.41) is 0. The van der Waals surface area contributed by atoms with Gasteiger partial charge in [-0.25, -0.2) is 4.79 Å². The van der Waals surface area contributed by atoms with Crippen LogP contribution in [0.3, 0.4) is 0 Å². The lowest BCUT2D eigenvalue weighted by Crippen LogP contribution is -2.40. The lowest BCUT2D eigenvalue weighted by molar-refractivity contribution is -0.137. The van der Waals surface area contributed by atoms with E-state index in [1.165, 1.54) is 0 Å². The first-order valence-electron chi connectivity index (χ1n) is 7.58. The van der Waals surface area contributed by atoms with Gasteiger partial charge in [-0.3, -0.25) is 4.90 Å². The molecule has 1 heterocycles. The van der Waals surface area contributed by atoms with Crippen LogP contribution in [-0.4, -0.2) is 18.3 Å².